The molecule has 1 aliphatic rings. The molecular weight excluding hydrogens is 95.5 g/mol. The molecule has 0 heterocycles. The molecule has 6 heavy (non-hydrogen) atoms. The van der Waals surface area contributed by atoms with Crippen molar-refractivity contribution >= 4 is 11.6 Å². The highest BCUT2D eigenvalue weighted by Crippen LogP contribution is 2.42. The molecule has 0 nitrogen and oxygen atoms in total. The van der Waals surface area contributed by atoms with Crippen LogP contribution in [0.25, 0.3) is 0 Å². The smallest absolute Gasteiger partial charge is 0.0393 e. The van der Waals surface area contributed by atoms with Gasteiger partial charge in [-0.25, -0.2) is 0 Å². The van der Waals surface area contributed by atoms with Crippen LogP contribution in [0.15, 0.2) is 0 Å². The Morgan fingerprint density at radius 3 is 1.33 bits per heavy atom. The van der Waals surface area contributed by atoms with Gasteiger partial charge in [-0.2, -0.15) is 0 Å². The molecule has 0 amide bonds. The molecule has 0 aromatic carbocycles. The Bertz CT molecular complexity index is 40.7. The monoisotopic (exact) mass is 104 g/mol. The van der Waals surface area contributed by atoms with E-state index in [1.54, 1.807) is 0 Å². The lowest BCUT2D eigenvalue weighted by molar-refractivity contribution is 0.834. The van der Waals surface area contributed by atoms with Crippen molar-refractivity contribution in [2.24, 2.45) is 11.8 Å². The molecule has 0 spiro atoms. The van der Waals surface area contributed by atoms with E-state index in [2.05, 4.69) is 13.8 Å². The maximum Gasteiger partial charge on any atom is 0.0393 e. The summed E-state index contributed by atoms with van der Waals surface area (Å²) in [4.78, 5) is 0. The molecule has 0 saturated heterocycles. The lowest BCUT2D eigenvalue weighted by Gasteiger charge is -1.65. The van der Waals surface area contributed by atoms with Crippen LogP contribution in [0.4, 0.5) is 0 Å². The molecule has 0 bridgehead atoms. The minimum atomic E-state index is 0.491. The Morgan fingerprint density at radius 2 is 1.33 bits per heavy atom. The van der Waals surface area contributed by atoms with Gasteiger partial charge in [0.15, 0.2) is 0 Å². The molecule has 1 saturated carbocycles. The Hall–Kier alpha value is 0.290. The van der Waals surface area contributed by atoms with Crippen molar-refractivity contribution in [3.8, 4) is 0 Å². The van der Waals surface area contributed by atoms with E-state index >= 15 is 0 Å². The van der Waals surface area contributed by atoms with Crippen LogP contribution < -0.4 is 0 Å². The lowest BCUT2D eigenvalue weighted by Crippen LogP contribution is -1.62. The van der Waals surface area contributed by atoms with Crippen LogP contribution in [0.1, 0.15) is 13.8 Å². The predicted molar refractivity (Wildman–Crippen MR) is 28.0 cm³/mol. The Morgan fingerprint density at radius 1 is 1.17 bits per heavy atom. The third kappa shape index (κ3) is 0.439. The Labute approximate surface area is 43.5 Å². The summed E-state index contributed by atoms with van der Waals surface area (Å²) in [5, 5.41) is 0.491. The van der Waals surface area contributed by atoms with E-state index in [-0.39, 0.29) is 0 Å². The standard InChI is InChI=1S/C5H9Cl/c1-3-4(2)5(3)6/h3-5H,1-2H3. The van der Waals surface area contributed by atoms with Crippen molar-refractivity contribution in [1.82, 2.24) is 0 Å². The fraction of sp³-hybridized carbons (Fsp3) is 1.00. The zero-order valence-corrected chi connectivity index (χ0v) is 4.87. The van der Waals surface area contributed by atoms with Crippen molar-refractivity contribution in [2.75, 3.05) is 0 Å². The van der Waals surface area contributed by atoms with E-state index in [0.29, 0.717) is 5.38 Å². The molecule has 1 heteroatoms. The van der Waals surface area contributed by atoms with Crippen LogP contribution >= 0.6 is 11.6 Å². The summed E-state index contributed by atoms with van der Waals surface area (Å²) in [5.41, 5.74) is 0. The largest absolute Gasteiger partial charge is 0.122 e. The van der Waals surface area contributed by atoms with Gasteiger partial charge in [0.05, 0.1) is 0 Å². The van der Waals surface area contributed by atoms with Gasteiger partial charge in [0, 0.05) is 5.38 Å². The molecule has 1 fully saturated rings. The molecule has 0 aliphatic heterocycles. The van der Waals surface area contributed by atoms with E-state index in [9.17, 15) is 0 Å². The SMILES string of the molecule is CC1C(C)C1Cl. The molecule has 0 radical (unpaired) electrons. The maximum absolute atomic E-state index is 5.69. The Kier molecular flexibility index (Phi) is 0.836. The average Bonchev–Trinajstić information content (AvgIpc) is 1.94. The molecule has 1 rings (SSSR count). The van der Waals surface area contributed by atoms with E-state index in [4.69, 9.17) is 11.6 Å². The second kappa shape index (κ2) is 1.13. The van der Waals surface area contributed by atoms with E-state index in [1.807, 2.05) is 0 Å². The molecule has 0 aromatic rings. The number of halogens is 1. The lowest BCUT2D eigenvalue weighted by atomic mass is 10.4. The summed E-state index contributed by atoms with van der Waals surface area (Å²) in [6.07, 6.45) is 0. The van der Waals surface area contributed by atoms with E-state index < -0.39 is 0 Å². The summed E-state index contributed by atoms with van der Waals surface area (Å²) < 4.78 is 0. The van der Waals surface area contributed by atoms with Gasteiger partial charge in [-0.3, -0.25) is 0 Å². The number of alkyl halides is 1. The van der Waals surface area contributed by atoms with Crippen LogP contribution in [-0.2, 0) is 0 Å². The van der Waals surface area contributed by atoms with Gasteiger partial charge in [0.1, 0.15) is 0 Å². The maximum atomic E-state index is 5.69. The number of hydrogen-bond acceptors (Lipinski definition) is 0. The normalized spacial score (nSPS) is 55.5. The second-order valence-electron chi connectivity index (χ2n) is 2.16. The van der Waals surface area contributed by atoms with Crippen molar-refractivity contribution in [3.63, 3.8) is 0 Å². The minimum absolute atomic E-state index is 0.491. The zero-order chi connectivity index (χ0) is 4.73. The average molecular weight is 105 g/mol. The highest BCUT2D eigenvalue weighted by atomic mass is 35.5. The number of hydrogen-bond donors (Lipinski definition) is 0. The van der Waals surface area contributed by atoms with Gasteiger partial charge in [-0.15, -0.1) is 11.6 Å². The summed E-state index contributed by atoms with van der Waals surface area (Å²) in [7, 11) is 0. The van der Waals surface area contributed by atoms with Crippen LogP contribution in [0, 0.1) is 11.8 Å². The molecular formula is C5H9Cl. The fourth-order valence-corrected chi connectivity index (χ4v) is 0.977. The van der Waals surface area contributed by atoms with Gasteiger partial charge in [0.25, 0.3) is 0 Å². The van der Waals surface area contributed by atoms with Crippen molar-refractivity contribution in [3.05, 3.63) is 0 Å². The van der Waals surface area contributed by atoms with Crippen LogP contribution in [0.5, 0.6) is 0 Å². The molecule has 2 atom stereocenters. The summed E-state index contributed by atoms with van der Waals surface area (Å²) in [5.74, 6) is 1.57. The van der Waals surface area contributed by atoms with Gasteiger partial charge in [-0.1, -0.05) is 13.8 Å². The van der Waals surface area contributed by atoms with E-state index in [1.165, 1.54) is 0 Å². The molecule has 1 aliphatic carbocycles. The highest BCUT2D eigenvalue weighted by molar-refractivity contribution is 6.22. The van der Waals surface area contributed by atoms with Crippen molar-refractivity contribution in [1.29, 1.82) is 0 Å². The molecule has 36 valence electrons. The fourth-order valence-electron chi connectivity index (χ4n) is 0.602. The first-order chi connectivity index (χ1) is 2.73. The van der Waals surface area contributed by atoms with E-state index in [0.717, 1.165) is 11.8 Å². The zero-order valence-electron chi connectivity index (χ0n) is 4.11. The minimum Gasteiger partial charge on any atom is -0.122 e. The first-order valence-electron chi connectivity index (χ1n) is 2.37. The molecule has 0 N–H and O–H groups in total. The molecule has 2 unspecified atom stereocenters. The van der Waals surface area contributed by atoms with Crippen LogP contribution in [-0.4, -0.2) is 5.38 Å². The van der Waals surface area contributed by atoms with Gasteiger partial charge >= 0.3 is 0 Å². The van der Waals surface area contributed by atoms with Crippen molar-refractivity contribution in [2.45, 2.75) is 19.2 Å². The predicted octanol–water partition coefficient (Wildman–Crippen LogP) is 1.88. The summed E-state index contributed by atoms with van der Waals surface area (Å²) in [6, 6.07) is 0. The first kappa shape index (κ1) is 4.45. The summed E-state index contributed by atoms with van der Waals surface area (Å²) >= 11 is 5.69. The summed E-state index contributed by atoms with van der Waals surface area (Å²) in [6.45, 7) is 4.37. The quantitative estimate of drug-likeness (QED) is 0.412. The van der Waals surface area contributed by atoms with Crippen molar-refractivity contribution < 1.29 is 0 Å². The topological polar surface area (TPSA) is 0 Å². The van der Waals surface area contributed by atoms with Crippen LogP contribution in [0.3, 0.4) is 0 Å². The number of rotatable bonds is 0. The third-order valence-corrected chi connectivity index (χ3v) is 2.49. The second-order valence-corrected chi connectivity index (χ2v) is 2.67. The third-order valence-electron chi connectivity index (χ3n) is 1.69. The molecule has 0 aromatic heterocycles. The first-order valence-corrected chi connectivity index (χ1v) is 2.81. The van der Waals surface area contributed by atoms with Gasteiger partial charge < -0.3 is 0 Å². The van der Waals surface area contributed by atoms with Crippen LogP contribution in [0.2, 0.25) is 0 Å². The van der Waals surface area contributed by atoms with Gasteiger partial charge in [0.2, 0.25) is 0 Å². The van der Waals surface area contributed by atoms with Gasteiger partial charge in [-0.05, 0) is 11.8 Å². The Balaban J connectivity index is 2.31. The highest BCUT2D eigenvalue weighted by Gasteiger charge is 2.40.